The van der Waals surface area contributed by atoms with Gasteiger partial charge in [0.05, 0.1) is 0 Å². The third-order valence-corrected chi connectivity index (χ3v) is 3.98. The lowest BCUT2D eigenvalue weighted by Gasteiger charge is -2.22. The lowest BCUT2D eigenvalue weighted by molar-refractivity contribution is 0.696. The molecule has 0 spiro atoms. The van der Waals surface area contributed by atoms with Crippen LogP contribution in [0.25, 0.3) is 0 Å². The maximum atomic E-state index is 4.37. The van der Waals surface area contributed by atoms with E-state index < -0.39 is 0 Å². The first-order valence-electron chi connectivity index (χ1n) is 6.83. The predicted octanol–water partition coefficient (Wildman–Crippen LogP) is 3.17. The minimum Gasteiger partial charge on any atom is -0.353 e. The maximum absolute atomic E-state index is 4.37. The molecule has 0 N–H and O–H groups in total. The first-order chi connectivity index (χ1) is 9.24. The summed E-state index contributed by atoms with van der Waals surface area (Å²) in [5.41, 5.74) is 2.76. The Labute approximate surface area is 114 Å². The Morgan fingerprint density at radius 2 is 1.95 bits per heavy atom. The summed E-state index contributed by atoms with van der Waals surface area (Å²) in [4.78, 5) is 10.7. The average Bonchev–Trinajstić information content (AvgIpc) is 2.83. The van der Waals surface area contributed by atoms with Crippen LogP contribution < -0.4 is 4.90 Å². The highest BCUT2D eigenvalue weighted by molar-refractivity contribution is 5.42. The van der Waals surface area contributed by atoms with E-state index in [0.29, 0.717) is 12.0 Å². The van der Waals surface area contributed by atoms with Gasteiger partial charge in [0, 0.05) is 24.7 Å². The number of hydrogen-bond acceptors (Lipinski definition) is 3. The zero-order valence-corrected chi connectivity index (χ0v) is 11.5. The fourth-order valence-electron chi connectivity index (χ4n) is 2.88. The molecule has 0 radical (unpaired) electrons. The van der Waals surface area contributed by atoms with Crippen LogP contribution in [0.15, 0.2) is 42.9 Å². The first kappa shape index (κ1) is 12.2. The van der Waals surface area contributed by atoms with Gasteiger partial charge in [0.2, 0.25) is 0 Å². The Balaban J connectivity index is 1.80. The van der Waals surface area contributed by atoms with Crippen molar-refractivity contribution in [1.82, 2.24) is 9.97 Å². The van der Waals surface area contributed by atoms with Crippen LogP contribution in [-0.2, 0) is 0 Å². The molecule has 1 aromatic carbocycles. The zero-order valence-electron chi connectivity index (χ0n) is 11.5. The molecule has 98 valence electrons. The van der Waals surface area contributed by atoms with Crippen LogP contribution in [0, 0.1) is 6.92 Å². The summed E-state index contributed by atoms with van der Waals surface area (Å²) >= 11 is 0. The largest absolute Gasteiger partial charge is 0.353 e. The van der Waals surface area contributed by atoms with Crippen molar-refractivity contribution in [3.8, 4) is 0 Å². The summed E-state index contributed by atoms with van der Waals surface area (Å²) in [5, 5.41) is 0. The van der Waals surface area contributed by atoms with E-state index in [1.54, 1.807) is 6.33 Å². The molecule has 2 atom stereocenters. The van der Waals surface area contributed by atoms with Crippen LogP contribution in [0.2, 0.25) is 0 Å². The lowest BCUT2D eigenvalue weighted by atomic mass is 9.96. The average molecular weight is 253 g/mol. The molecule has 1 aliphatic rings. The highest BCUT2D eigenvalue weighted by atomic mass is 15.2. The number of benzene rings is 1. The standard InChI is InChI=1S/C16H19N3/c1-12-3-5-14(6-4-12)15-9-13(2)19(10-15)16-7-8-17-11-18-16/h3-8,11,13,15H,9-10H2,1-2H3. The van der Waals surface area contributed by atoms with Gasteiger partial charge in [0.25, 0.3) is 0 Å². The quantitative estimate of drug-likeness (QED) is 0.823. The number of nitrogens with zero attached hydrogens (tertiary/aromatic N) is 3. The van der Waals surface area contributed by atoms with Crippen molar-refractivity contribution in [3.63, 3.8) is 0 Å². The SMILES string of the molecule is Cc1ccc(C2CC(C)N(c3ccncn3)C2)cc1. The van der Waals surface area contributed by atoms with Crippen LogP contribution in [0.1, 0.15) is 30.4 Å². The summed E-state index contributed by atoms with van der Waals surface area (Å²) in [6, 6.07) is 11.4. The van der Waals surface area contributed by atoms with Crippen LogP contribution in [0.3, 0.4) is 0 Å². The highest BCUT2D eigenvalue weighted by Gasteiger charge is 2.30. The summed E-state index contributed by atoms with van der Waals surface area (Å²) in [6.45, 7) is 5.45. The smallest absolute Gasteiger partial charge is 0.132 e. The Hall–Kier alpha value is -1.90. The molecule has 0 aliphatic carbocycles. The maximum Gasteiger partial charge on any atom is 0.132 e. The molecule has 3 rings (SSSR count). The number of hydrogen-bond donors (Lipinski definition) is 0. The molecule has 2 aromatic rings. The van der Waals surface area contributed by atoms with Crippen molar-refractivity contribution in [3.05, 3.63) is 54.0 Å². The van der Waals surface area contributed by atoms with Crippen molar-refractivity contribution in [2.45, 2.75) is 32.2 Å². The Bertz CT molecular complexity index is 536. The van der Waals surface area contributed by atoms with Gasteiger partial charge in [0.15, 0.2) is 0 Å². The third-order valence-electron chi connectivity index (χ3n) is 3.98. The number of rotatable bonds is 2. The molecule has 0 amide bonds. The van der Waals surface area contributed by atoms with Gasteiger partial charge in [-0.05, 0) is 31.9 Å². The normalized spacial score (nSPS) is 22.7. The topological polar surface area (TPSA) is 29.0 Å². The molecule has 2 heterocycles. The monoisotopic (exact) mass is 253 g/mol. The summed E-state index contributed by atoms with van der Waals surface area (Å²) in [5.74, 6) is 1.64. The predicted molar refractivity (Wildman–Crippen MR) is 77.4 cm³/mol. The molecular formula is C16H19N3. The molecule has 19 heavy (non-hydrogen) atoms. The Morgan fingerprint density at radius 1 is 1.16 bits per heavy atom. The molecule has 0 saturated carbocycles. The zero-order chi connectivity index (χ0) is 13.2. The molecule has 2 unspecified atom stereocenters. The Morgan fingerprint density at radius 3 is 2.63 bits per heavy atom. The fourth-order valence-corrected chi connectivity index (χ4v) is 2.88. The van der Waals surface area contributed by atoms with Gasteiger partial charge in [-0.1, -0.05) is 29.8 Å². The molecule has 3 nitrogen and oxygen atoms in total. The van der Waals surface area contributed by atoms with Gasteiger partial charge in [0.1, 0.15) is 12.1 Å². The van der Waals surface area contributed by atoms with Crippen LogP contribution in [-0.4, -0.2) is 22.6 Å². The number of aryl methyl sites for hydroxylation is 1. The molecule has 1 aliphatic heterocycles. The van der Waals surface area contributed by atoms with E-state index in [0.717, 1.165) is 12.4 Å². The van der Waals surface area contributed by atoms with E-state index >= 15 is 0 Å². The summed E-state index contributed by atoms with van der Waals surface area (Å²) < 4.78 is 0. The van der Waals surface area contributed by atoms with Gasteiger partial charge in [-0.15, -0.1) is 0 Å². The van der Waals surface area contributed by atoms with Gasteiger partial charge in [-0.3, -0.25) is 0 Å². The molecule has 1 aromatic heterocycles. The van der Waals surface area contributed by atoms with Crippen molar-refractivity contribution in [1.29, 1.82) is 0 Å². The molecule has 3 heteroatoms. The summed E-state index contributed by atoms with van der Waals surface area (Å²) in [7, 11) is 0. The second kappa shape index (κ2) is 5.00. The van der Waals surface area contributed by atoms with Gasteiger partial charge in [-0.25, -0.2) is 9.97 Å². The van der Waals surface area contributed by atoms with E-state index in [9.17, 15) is 0 Å². The minimum absolute atomic E-state index is 0.529. The molecular weight excluding hydrogens is 234 g/mol. The second-order valence-electron chi connectivity index (χ2n) is 5.41. The summed E-state index contributed by atoms with van der Waals surface area (Å²) in [6.07, 6.45) is 4.63. The second-order valence-corrected chi connectivity index (χ2v) is 5.41. The number of aromatic nitrogens is 2. The van der Waals surface area contributed by atoms with E-state index in [2.05, 4.69) is 53.0 Å². The van der Waals surface area contributed by atoms with Crippen LogP contribution >= 0.6 is 0 Å². The van der Waals surface area contributed by atoms with Gasteiger partial charge >= 0.3 is 0 Å². The molecule has 0 bridgehead atoms. The van der Waals surface area contributed by atoms with E-state index in [4.69, 9.17) is 0 Å². The Kier molecular flexibility index (Phi) is 3.20. The van der Waals surface area contributed by atoms with Crippen molar-refractivity contribution in [2.24, 2.45) is 0 Å². The van der Waals surface area contributed by atoms with E-state index in [1.165, 1.54) is 17.5 Å². The van der Waals surface area contributed by atoms with Crippen LogP contribution in [0.5, 0.6) is 0 Å². The lowest BCUT2D eigenvalue weighted by Crippen LogP contribution is -2.27. The molecule has 1 fully saturated rings. The first-order valence-corrected chi connectivity index (χ1v) is 6.83. The number of anilines is 1. The highest BCUT2D eigenvalue weighted by Crippen LogP contribution is 2.33. The van der Waals surface area contributed by atoms with E-state index in [-0.39, 0.29) is 0 Å². The fraction of sp³-hybridized carbons (Fsp3) is 0.375. The van der Waals surface area contributed by atoms with E-state index in [1.807, 2.05) is 12.3 Å². The van der Waals surface area contributed by atoms with Gasteiger partial charge in [-0.2, -0.15) is 0 Å². The third kappa shape index (κ3) is 2.46. The van der Waals surface area contributed by atoms with Crippen LogP contribution in [0.4, 0.5) is 5.82 Å². The van der Waals surface area contributed by atoms with Crippen molar-refractivity contribution in [2.75, 3.05) is 11.4 Å². The van der Waals surface area contributed by atoms with Crippen molar-refractivity contribution >= 4 is 5.82 Å². The molecule has 1 saturated heterocycles. The van der Waals surface area contributed by atoms with Crippen molar-refractivity contribution < 1.29 is 0 Å². The van der Waals surface area contributed by atoms with Gasteiger partial charge < -0.3 is 4.90 Å². The minimum atomic E-state index is 0.529.